The second-order valence-electron chi connectivity index (χ2n) is 3.01. The lowest BCUT2D eigenvalue weighted by atomic mass is 10.4. The number of nitrogens with one attached hydrogen (secondary N) is 1. The van der Waals surface area contributed by atoms with E-state index in [1.165, 1.54) is 18.0 Å². The van der Waals surface area contributed by atoms with Crippen molar-refractivity contribution in [2.24, 2.45) is 5.73 Å². The van der Waals surface area contributed by atoms with E-state index in [0.29, 0.717) is 5.69 Å². The molecule has 82 valence electrons. The number of amidine groups is 1. The quantitative estimate of drug-likeness (QED) is 0.640. The summed E-state index contributed by atoms with van der Waals surface area (Å²) in [5.41, 5.74) is 6.67. The lowest BCUT2D eigenvalue weighted by Gasteiger charge is -1.98. The van der Waals surface area contributed by atoms with Crippen molar-refractivity contribution in [3.63, 3.8) is 0 Å². The molecule has 0 saturated carbocycles. The highest BCUT2D eigenvalue weighted by molar-refractivity contribution is 8.00. The Labute approximate surface area is 101 Å². The molecule has 2 aromatic rings. The van der Waals surface area contributed by atoms with Crippen molar-refractivity contribution < 1.29 is 0 Å². The minimum absolute atomic E-state index is 0.0749. The number of hydrogen-bond donors (Lipinski definition) is 2. The Bertz CT molecular complexity index is 505. The molecule has 0 aromatic carbocycles. The minimum atomic E-state index is -0.0749. The fourth-order valence-electron chi connectivity index (χ4n) is 0.977. The van der Waals surface area contributed by atoms with Crippen LogP contribution in [0, 0.1) is 12.3 Å². The number of thiazole rings is 1. The Morgan fingerprint density at radius 3 is 2.75 bits per heavy atom. The van der Waals surface area contributed by atoms with Gasteiger partial charge < -0.3 is 5.73 Å². The van der Waals surface area contributed by atoms with Crippen molar-refractivity contribution in [2.75, 3.05) is 0 Å². The van der Waals surface area contributed by atoms with E-state index in [0.717, 1.165) is 15.1 Å². The van der Waals surface area contributed by atoms with Crippen LogP contribution >= 0.6 is 23.1 Å². The van der Waals surface area contributed by atoms with Crippen LogP contribution in [0.4, 0.5) is 0 Å². The van der Waals surface area contributed by atoms with Gasteiger partial charge in [-0.15, -0.1) is 11.3 Å². The molecule has 0 amide bonds. The van der Waals surface area contributed by atoms with Crippen molar-refractivity contribution >= 4 is 28.9 Å². The van der Waals surface area contributed by atoms with Gasteiger partial charge >= 0.3 is 0 Å². The lowest BCUT2D eigenvalue weighted by Crippen LogP contribution is -2.13. The Hall–Kier alpha value is -1.47. The Kier molecular flexibility index (Phi) is 3.16. The third kappa shape index (κ3) is 2.56. The van der Waals surface area contributed by atoms with Crippen molar-refractivity contribution in [1.29, 1.82) is 5.41 Å². The van der Waals surface area contributed by atoms with E-state index in [9.17, 15) is 0 Å². The Balaban J connectivity index is 2.14. The van der Waals surface area contributed by atoms with Crippen LogP contribution in [0.5, 0.6) is 0 Å². The van der Waals surface area contributed by atoms with Crippen LogP contribution in [0.2, 0.25) is 0 Å². The maximum absolute atomic E-state index is 7.19. The van der Waals surface area contributed by atoms with E-state index in [1.54, 1.807) is 17.5 Å². The molecule has 7 heteroatoms. The van der Waals surface area contributed by atoms with E-state index in [1.807, 2.05) is 12.3 Å². The monoisotopic (exact) mass is 251 g/mol. The summed E-state index contributed by atoms with van der Waals surface area (Å²) in [5, 5.41) is 9.92. The van der Waals surface area contributed by atoms with Crippen molar-refractivity contribution in [3.05, 3.63) is 29.2 Å². The number of hydrogen-bond acceptors (Lipinski definition) is 6. The summed E-state index contributed by atoms with van der Waals surface area (Å²) in [6, 6.07) is 0. The molecule has 5 nitrogen and oxygen atoms in total. The summed E-state index contributed by atoms with van der Waals surface area (Å²) in [6.45, 7) is 1.95. The average Bonchev–Trinajstić information content (AvgIpc) is 2.65. The van der Waals surface area contributed by atoms with Gasteiger partial charge in [-0.1, -0.05) is 0 Å². The molecule has 0 bridgehead atoms. The highest BCUT2D eigenvalue weighted by atomic mass is 32.2. The summed E-state index contributed by atoms with van der Waals surface area (Å²) in [7, 11) is 0. The zero-order valence-corrected chi connectivity index (χ0v) is 10.1. The number of nitrogens with two attached hydrogens (primary N) is 1. The maximum atomic E-state index is 7.19. The molecule has 0 atom stereocenters. The van der Waals surface area contributed by atoms with Gasteiger partial charge in [0.25, 0.3) is 0 Å². The molecule has 0 spiro atoms. The molecular formula is C9H9N5S2. The molecule has 0 aliphatic heterocycles. The van der Waals surface area contributed by atoms with E-state index < -0.39 is 0 Å². The van der Waals surface area contributed by atoms with Crippen molar-refractivity contribution in [3.8, 4) is 0 Å². The second-order valence-corrected chi connectivity index (χ2v) is 5.14. The topological polar surface area (TPSA) is 88.5 Å². The Morgan fingerprint density at radius 2 is 2.25 bits per heavy atom. The number of nitrogens with zero attached hydrogens (tertiary/aromatic N) is 3. The van der Waals surface area contributed by atoms with Gasteiger partial charge in [0, 0.05) is 11.1 Å². The molecule has 16 heavy (non-hydrogen) atoms. The fourth-order valence-corrected chi connectivity index (χ4v) is 2.67. The van der Waals surface area contributed by atoms with Crippen LogP contribution in [0.1, 0.15) is 11.4 Å². The summed E-state index contributed by atoms with van der Waals surface area (Å²) in [6.07, 6.45) is 3.09. The number of nitrogen functional groups attached to an aromatic ring is 1. The average molecular weight is 251 g/mol. The van der Waals surface area contributed by atoms with Gasteiger partial charge in [0.05, 0.1) is 12.4 Å². The van der Waals surface area contributed by atoms with Crippen LogP contribution in [0.3, 0.4) is 0 Å². The Morgan fingerprint density at radius 1 is 1.44 bits per heavy atom. The van der Waals surface area contributed by atoms with Gasteiger partial charge in [-0.2, -0.15) is 0 Å². The van der Waals surface area contributed by atoms with Crippen LogP contribution in [-0.4, -0.2) is 20.8 Å². The third-order valence-electron chi connectivity index (χ3n) is 1.69. The summed E-state index contributed by atoms with van der Waals surface area (Å²) >= 11 is 3.02. The standard InChI is InChI=1S/C9H9N5S2/c1-5-4-15-9(14-5)16-7-3-12-6(2-13-7)8(10)11/h2-4H,1H3,(H3,10,11). The molecule has 2 rings (SSSR count). The van der Waals surface area contributed by atoms with Gasteiger partial charge in [0.2, 0.25) is 0 Å². The van der Waals surface area contributed by atoms with Crippen molar-refractivity contribution in [1.82, 2.24) is 15.0 Å². The van der Waals surface area contributed by atoms with Crippen molar-refractivity contribution in [2.45, 2.75) is 16.3 Å². The van der Waals surface area contributed by atoms with Crippen LogP contribution < -0.4 is 5.73 Å². The van der Waals surface area contributed by atoms with Crippen LogP contribution in [0.25, 0.3) is 0 Å². The van der Waals surface area contributed by atoms with E-state index in [-0.39, 0.29) is 5.84 Å². The summed E-state index contributed by atoms with van der Waals surface area (Å²) < 4.78 is 0.933. The third-order valence-corrected chi connectivity index (χ3v) is 3.67. The first-order valence-corrected chi connectivity index (χ1v) is 6.11. The maximum Gasteiger partial charge on any atom is 0.156 e. The van der Waals surface area contributed by atoms with Crippen LogP contribution in [0.15, 0.2) is 27.1 Å². The van der Waals surface area contributed by atoms with Gasteiger partial charge in [0.1, 0.15) is 16.6 Å². The fraction of sp³-hybridized carbons (Fsp3) is 0.111. The SMILES string of the molecule is Cc1csc(Sc2cnc(C(=N)N)cn2)n1. The number of aryl methyl sites for hydroxylation is 1. The molecular weight excluding hydrogens is 242 g/mol. The summed E-state index contributed by atoms with van der Waals surface area (Å²) in [5.74, 6) is -0.0749. The predicted octanol–water partition coefficient (Wildman–Crippen LogP) is 1.68. The lowest BCUT2D eigenvalue weighted by molar-refractivity contribution is 1.03. The van der Waals surface area contributed by atoms with Gasteiger partial charge in [-0.05, 0) is 18.7 Å². The van der Waals surface area contributed by atoms with Crippen LogP contribution in [-0.2, 0) is 0 Å². The number of rotatable bonds is 3. The predicted molar refractivity (Wildman–Crippen MR) is 64.0 cm³/mol. The smallest absolute Gasteiger partial charge is 0.156 e. The first-order chi connectivity index (χ1) is 7.65. The molecule has 2 heterocycles. The molecule has 3 N–H and O–H groups in total. The number of aromatic nitrogens is 3. The molecule has 0 aliphatic rings. The largest absolute Gasteiger partial charge is 0.382 e. The van der Waals surface area contributed by atoms with Gasteiger partial charge in [0.15, 0.2) is 4.34 Å². The first-order valence-electron chi connectivity index (χ1n) is 4.41. The second kappa shape index (κ2) is 4.58. The molecule has 0 aliphatic carbocycles. The molecule has 2 aromatic heterocycles. The summed E-state index contributed by atoms with van der Waals surface area (Å²) in [4.78, 5) is 12.5. The highest BCUT2D eigenvalue weighted by Gasteiger charge is 2.04. The molecule has 0 saturated heterocycles. The highest BCUT2D eigenvalue weighted by Crippen LogP contribution is 2.27. The first kappa shape index (κ1) is 11.0. The van der Waals surface area contributed by atoms with E-state index in [4.69, 9.17) is 11.1 Å². The van der Waals surface area contributed by atoms with E-state index >= 15 is 0 Å². The van der Waals surface area contributed by atoms with Gasteiger partial charge in [-0.25, -0.2) is 15.0 Å². The molecule has 0 radical (unpaired) electrons. The molecule has 0 fully saturated rings. The molecule has 0 unspecified atom stereocenters. The zero-order chi connectivity index (χ0) is 11.5. The minimum Gasteiger partial charge on any atom is -0.382 e. The normalized spacial score (nSPS) is 10.3. The zero-order valence-electron chi connectivity index (χ0n) is 8.47. The van der Waals surface area contributed by atoms with E-state index in [2.05, 4.69) is 15.0 Å². The van der Waals surface area contributed by atoms with Gasteiger partial charge in [-0.3, -0.25) is 5.41 Å².